The van der Waals surface area contributed by atoms with Crippen molar-refractivity contribution in [2.45, 2.75) is 24.8 Å². The largest absolute Gasteiger partial charge is 0.467 e. The lowest BCUT2D eigenvalue weighted by Crippen LogP contribution is -2.47. The molecular weight excluding hydrogens is 342 g/mol. The number of carbonyl (C=O) groups is 1. The normalized spacial score (nSPS) is 19.6. The van der Waals surface area contributed by atoms with E-state index in [9.17, 15) is 4.79 Å². The van der Waals surface area contributed by atoms with Gasteiger partial charge in [-0.2, -0.15) is 10.1 Å². The van der Waals surface area contributed by atoms with Gasteiger partial charge in [0.15, 0.2) is 11.2 Å². The molecule has 2 aromatic heterocycles. The number of aromatic nitrogens is 4. The first-order chi connectivity index (χ1) is 12.1. The number of methoxy groups -OCH3 is 1. The molecule has 0 bridgehead atoms. The Kier molecular flexibility index (Phi) is 3.61. The van der Waals surface area contributed by atoms with Crippen molar-refractivity contribution in [3.8, 4) is 0 Å². The minimum atomic E-state index is -1.10. The van der Waals surface area contributed by atoms with Gasteiger partial charge in [0.25, 0.3) is 0 Å². The number of hydrogen-bond acceptors (Lipinski definition) is 6. The highest BCUT2D eigenvalue weighted by atomic mass is 35.5. The molecule has 0 amide bonds. The monoisotopic (exact) mass is 357 g/mol. The Morgan fingerprint density at radius 3 is 2.96 bits per heavy atom. The van der Waals surface area contributed by atoms with Gasteiger partial charge in [-0.15, -0.1) is 0 Å². The average Bonchev–Trinajstić information content (AvgIpc) is 3.05. The summed E-state index contributed by atoms with van der Waals surface area (Å²) in [6.07, 6.45) is 3.82. The predicted molar refractivity (Wildman–Crippen MR) is 93.2 cm³/mol. The second-order valence-electron chi connectivity index (χ2n) is 6.03. The lowest BCUT2D eigenvalue weighted by Gasteiger charge is -2.36. The molecule has 7 nitrogen and oxygen atoms in total. The van der Waals surface area contributed by atoms with Crippen LogP contribution in [-0.4, -0.2) is 32.8 Å². The lowest BCUT2D eigenvalue weighted by molar-refractivity contribution is -0.150. The van der Waals surface area contributed by atoms with Crippen LogP contribution >= 0.6 is 11.6 Å². The van der Waals surface area contributed by atoms with Crippen molar-refractivity contribution in [1.82, 2.24) is 19.7 Å². The number of ether oxygens (including phenoxy) is 1. The van der Waals surface area contributed by atoms with Crippen LogP contribution in [0.3, 0.4) is 0 Å². The maximum Gasteiger partial charge on any atom is 0.338 e. The van der Waals surface area contributed by atoms with Crippen molar-refractivity contribution in [2.24, 2.45) is 0 Å². The van der Waals surface area contributed by atoms with Crippen molar-refractivity contribution in [3.05, 3.63) is 46.7 Å². The number of nitrogens with two attached hydrogens (primary N) is 1. The Hall–Kier alpha value is -2.67. The molecule has 4 rings (SSSR count). The van der Waals surface area contributed by atoms with Crippen LogP contribution < -0.4 is 5.73 Å². The van der Waals surface area contributed by atoms with Crippen LogP contribution in [0.2, 0.25) is 5.15 Å². The third kappa shape index (κ3) is 2.19. The van der Waals surface area contributed by atoms with Gasteiger partial charge in [-0.25, -0.2) is 14.5 Å². The summed E-state index contributed by atoms with van der Waals surface area (Å²) in [6.45, 7) is 0. The molecule has 3 aromatic rings. The standard InChI is InChI=1S/C17H16ClN5O2/c1-25-15(24)17(8-4-6-10-5-2-3-7-12(10)17)23-14-11(9-20-23)13(18)21-16(19)22-14/h2-3,5,7,9H,4,6,8H2,1H3,(H2,19,21,22). The number of benzene rings is 1. The molecule has 0 saturated carbocycles. The summed E-state index contributed by atoms with van der Waals surface area (Å²) < 4.78 is 6.76. The zero-order valence-electron chi connectivity index (χ0n) is 13.6. The van der Waals surface area contributed by atoms with E-state index >= 15 is 0 Å². The maximum atomic E-state index is 13.0. The molecule has 0 fully saturated rings. The van der Waals surface area contributed by atoms with Gasteiger partial charge in [0.05, 0.1) is 18.7 Å². The number of fused-ring (bicyclic) bond motifs is 2. The van der Waals surface area contributed by atoms with Gasteiger partial charge in [-0.3, -0.25) is 0 Å². The Morgan fingerprint density at radius 2 is 2.16 bits per heavy atom. The molecule has 8 heteroatoms. The fourth-order valence-electron chi connectivity index (χ4n) is 3.67. The second-order valence-corrected chi connectivity index (χ2v) is 6.39. The molecule has 1 unspecified atom stereocenters. The number of hydrogen-bond donors (Lipinski definition) is 1. The third-order valence-electron chi connectivity index (χ3n) is 4.73. The summed E-state index contributed by atoms with van der Waals surface area (Å²) in [5.41, 5.74) is 7.04. The zero-order chi connectivity index (χ0) is 17.6. The van der Waals surface area contributed by atoms with Crippen LogP contribution in [0.4, 0.5) is 5.95 Å². The van der Waals surface area contributed by atoms with E-state index in [1.165, 1.54) is 7.11 Å². The summed E-state index contributed by atoms with van der Waals surface area (Å²) >= 11 is 6.17. The Morgan fingerprint density at radius 1 is 1.36 bits per heavy atom. The molecule has 25 heavy (non-hydrogen) atoms. The van der Waals surface area contributed by atoms with Gasteiger partial charge in [-0.1, -0.05) is 35.9 Å². The molecule has 2 N–H and O–H groups in total. The predicted octanol–water partition coefficient (Wildman–Crippen LogP) is 2.31. The molecular formula is C17H16ClN5O2. The van der Waals surface area contributed by atoms with Crippen molar-refractivity contribution in [3.63, 3.8) is 0 Å². The van der Waals surface area contributed by atoms with Gasteiger partial charge in [0.1, 0.15) is 5.15 Å². The summed E-state index contributed by atoms with van der Waals surface area (Å²) in [4.78, 5) is 21.2. The summed E-state index contributed by atoms with van der Waals surface area (Å²) in [6, 6.07) is 7.83. The van der Waals surface area contributed by atoms with E-state index in [1.54, 1.807) is 10.9 Å². The summed E-state index contributed by atoms with van der Waals surface area (Å²) in [7, 11) is 1.38. The van der Waals surface area contributed by atoms with Crippen LogP contribution in [0.15, 0.2) is 30.5 Å². The van der Waals surface area contributed by atoms with E-state index in [-0.39, 0.29) is 11.1 Å². The zero-order valence-corrected chi connectivity index (χ0v) is 14.3. The topological polar surface area (TPSA) is 95.9 Å². The number of aryl methyl sites for hydroxylation is 1. The number of nitrogens with zero attached hydrogens (tertiary/aromatic N) is 4. The van der Waals surface area contributed by atoms with E-state index in [0.29, 0.717) is 17.5 Å². The molecule has 1 atom stereocenters. The molecule has 2 heterocycles. The smallest absolute Gasteiger partial charge is 0.338 e. The van der Waals surface area contributed by atoms with E-state index in [0.717, 1.165) is 24.0 Å². The Balaban J connectivity index is 2.08. The molecule has 0 radical (unpaired) electrons. The quantitative estimate of drug-likeness (QED) is 0.558. The maximum absolute atomic E-state index is 13.0. The van der Waals surface area contributed by atoms with E-state index in [1.807, 2.05) is 24.3 Å². The fourth-order valence-corrected chi connectivity index (χ4v) is 3.89. The van der Waals surface area contributed by atoms with Crippen molar-refractivity contribution < 1.29 is 9.53 Å². The number of rotatable bonds is 2. The number of nitrogen functional groups attached to an aromatic ring is 1. The SMILES string of the molecule is COC(=O)C1(n2ncc3c(Cl)nc(N)nc32)CCCc2ccccc21. The summed E-state index contributed by atoms with van der Waals surface area (Å²) in [5.74, 6) is -0.360. The third-order valence-corrected chi connectivity index (χ3v) is 5.02. The van der Waals surface area contributed by atoms with Crippen LogP contribution in [0.5, 0.6) is 0 Å². The molecule has 1 aliphatic rings. The van der Waals surface area contributed by atoms with Gasteiger partial charge in [0, 0.05) is 0 Å². The first kappa shape index (κ1) is 15.8. The highest BCUT2D eigenvalue weighted by Gasteiger charge is 2.48. The van der Waals surface area contributed by atoms with E-state index in [4.69, 9.17) is 22.1 Å². The van der Waals surface area contributed by atoms with Crippen molar-refractivity contribution in [2.75, 3.05) is 12.8 Å². The number of halogens is 1. The molecule has 1 aliphatic carbocycles. The molecule has 0 aliphatic heterocycles. The number of carbonyl (C=O) groups excluding carboxylic acids is 1. The molecule has 0 spiro atoms. The highest BCUT2D eigenvalue weighted by molar-refractivity contribution is 6.34. The van der Waals surface area contributed by atoms with Crippen molar-refractivity contribution in [1.29, 1.82) is 0 Å². The molecule has 0 saturated heterocycles. The van der Waals surface area contributed by atoms with Crippen LogP contribution in [-0.2, 0) is 21.5 Å². The van der Waals surface area contributed by atoms with Crippen molar-refractivity contribution >= 4 is 34.6 Å². The summed E-state index contributed by atoms with van der Waals surface area (Å²) in [5, 5.41) is 5.18. The van der Waals surface area contributed by atoms with Crippen LogP contribution in [0, 0.1) is 0 Å². The average molecular weight is 358 g/mol. The minimum Gasteiger partial charge on any atom is -0.467 e. The molecule has 128 valence electrons. The van der Waals surface area contributed by atoms with E-state index in [2.05, 4.69) is 15.1 Å². The Bertz CT molecular complexity index is 986. The van der Waals surface area contributed by atoms with Crippen LogP contribution in [0.25, 0.3) is 11.0 Å². The molecule has 1 aromatic carbocycles. The number of esters is 1. The highest BCUT2D eigenvalue weighted by Crippen LogP contribution is 2.41. The van der Waals surface area contributed by atoms with Gasteiger partial charge >= 0.3 is 5.97 Å². The lowest BCUT2D eigenvalue weighted by atomic mass is 9.76. The van der Waals surface area contributed by atoms with Gasteiger partial charge in [-0.05, 0) is 30.4 Å². The number of anilines is 1. The van der Waals surface area contributed by atoms with E-state index < -0.39 is 11.5 Å². The first-order valence-electron chi connectivity index (χ1n) is 7.92. The van der Waals surface area contributed by atoms with Crippen LogP contribution in [0.1, 0.15) is 24.0 Å². The fraction of sp³-hybridized carbons (Fsp3) is 0.294. The first-order valence-corrected chi connectivity index (χ1v) is 8.30. The van der Waals surface area contributed by atoms with Gasteiger partial charge in [0.2, 0.25) is 5.95 Å². The Labute approximate surface area is 148 Å². The minimum absolute atomic E-state index is 0.0309. The second kappa shape index (κ2) is 5.70. The van der Waals surface area contributed by atoms with Gasteiger partial charge < -0.3 is 10.5 Å².